The number of nitrogens with zero attached hydrogens (tertiary/aromatic N) is 1. The van der Waals surface area contributed by atoms with Gasteiger partial charge in [-0.05, 0) is 12.2 Å². The number of H-pyrrole nitrogens is 1. The second-order valence-corrected chi connectivity index (χ2v) is 10.7. The molecule has 180 valence electrons. The maximum absolute atomic E-state index is 14.7. The topological polar surface area (TPSA) is 227 Å². The number of aliphatic hydroxyl groups excluding tert-OH is 1. The van der Waals surface area contributed by atoms with E-state index in [1.807, 2.05) is 4.98 Å². The van der Waals surface area contributed by atoms with Crippen LogP contribution in [0.4, 0.5) is 8.78 Å². The second-order valence-electron chi connectivity index (χ2n) is 5.94. The van der Waals surface area contributed by atoms with Crippen molar-refractivity contribution in [2.45, 2.75) is 24.1 Å². The van der Waals surface area contributed by atoms with Gasteiger partial charge in [0.05, 0.1) is 6.20 Å². The van der Waals surface area contributed by atoms with E-state index in [-0.39, 0.29) is 0 Å². The van der Waals surface area contributed by atoms with Crippen LogP contribution in [-0.4, -0.2) is 58.7 Å². The summed E-state index contributed by atoms with van der Waals surface area (Å²) in [7, 11) is -17.2. The van der Waals surface area contributed by atoms with E-state index in [0.29, 0.717) is 10.8 Å². The fourth-order valence-electron chi connectivity index (χ4n) is 2.38. The van der Waals surface area contributed by atoms with Crippen molar-refractivity contribution in [2.75, 3.05) is 6.61 Å². The quantitative estimate of drug-likeness (QED) is 0.144. The highest BCUT2D eigenvalue weighted by atomic mass is 32.1. The lowest BCUT2D eigenvalue weighted by molar-refractivity contribution is -0.0903. The number of halogens is 2. The molecule has 1 aliphatic heterocycles. The van der Waals surface area contributed by atoms with Gasteiger partial charge in [-0.15, -0.1) is 6.42 Å². The number of aromatic amines is 1. The molecule has 1 aromatic rings. The van der Waals surface area contributed by atoms with Crippen molar-refractivity contribution in [3.05, 3.63) is 27.1 Å². The fourth-order valence-corrected chi connectivity index (χ4v) is 5.68. The highest BCUT2D eigenvalue weighted by Crippen LogP contribution is 2.66. The summed E-state index contributed by atoms with van der Waals surface area (Å²) >= 11 is 4.75. The summed E-state index contributed by atoms with van der Waals surface area (Å²) in [5.41, 5.74) is -3.83. The Morgan fingerprint density at radius 2 is 1.88 bits per heavy atom. The summed E-state index contributed by atoms with van der Waals surface area (Å²) < 4.78 is 78.5. The maximum atomic E-state index is 14.7. The average molecular weight is 544 g/mol. The van der Waals surface area contributed by atoms with Crippen LogP contribution in [0.3, 0.4) is 0 Å². The molecule has 0 radical (unpaired) electrons. The number of phosphoric ester groups is 1. The Bertz CT molecular complexity index is 1190. The van der Waals surface area contributed by atoms with Crippen molar-refractivity contribution in [3.8, 4) is 12.3 Å². The van der Waals surface area contributed by atoms with Gasteiger partial charge in [0.25, 0.3) is 5.56 Å². The summed E-state index contributed by atoms with van der Waals surface area (Å²) in [5, 5.41) is 10.2. The molecule has 0 saturated carbocycles. The lowest BCUT2D eigenvalue weighted by Crippen LogP contribution is -2.44. The van der Waals surface area contributed by atoms with Crippen LogP contribution in [0.15, 0.2) is 11.0 Å². The molecule has 0 aliphatic carbocycles. The molecule has 1 fully saturated rings. The number of rotatable bonds is 8. The number of aliphatic hydroxyl groups is 1. The van der Waals surface area contributed by atoms with Crippen LogP contribution in [0.1, 0.15) is 6.23 Å². The van der Waals surface area contributed by atoms with Crippen LogP contribution in [0, 0.1) is 22.9 Å². The molecule has 15 nitrogen and oxygen atoms in total. The van der Waals surface area contributed by atoms with E-state index in [9.17, 15) is 37.3 Å². The highest BCUT2D eigenvalue weighted by Gasteiger charge is 2.57. The van der Waals surface area contributed by atoms with E-state index < -0.39 is 70.3 Å². The van der Waals surface area contributed by atoms with Gasteiger partial charge in [-0.25, -0.2) is 18.1 Å². The monoisotopic (exact) mass is 544 g/mol. The minimum atomic E-state index is -5.86. The summed E-state index contributed by atoms with van der Waals surface area (Å²) in [6.07, 6.45) is -1.11. The first-order chi connectivity index (χ1) is 14.4. The van der Waals surface area contributed by atoms with Crippen molar-refractivity contribution >= 4 is 35.7 Å². The molecule has 2 rings (SSSR count). The van der Waals surface area contributed by atoms with Gasteiger partial charge in [0.15, 0.2) is 22.8 Å². The Morgan fingerprint density at radius 1 is 1.28 bits per heavy atom. The predicted octanol–water partition coefficient (Wildman–Crippen LogP) is -0.0119. The highest BCUT2D eigenvalue weighted by molar-refractivity contribution is 7.71. The number of nitrogens with one attached hydrogen (secondary N) is 1. The van der Waals surface area contributed by atoms with Gasteiger partial charge in [-0.3, -0.25) is 18.9 Å². The van der Waals surface area contributed by atoms with E-state index >= 15 is 0 Å². The number of aromatic nitrogens is 2. The van der Waals surface area contributed by atoms with Crippen molar-refractivity contribution < 1.29 is 65.0 Å². The molecule has 6 atom stereocenters. The molecule has 6 unspecified atom stereocenters. The van der Waals surface area contributed by atoms with Gasteiger partial charge in [-0.2, -0.15) is 13.0 Å². The molecule has 6 N–H and O–H groups in total. The average Bonchev–Trinajstić information content (AvgIpc) is 2.85. The fraction of sp³-hybridized carbons (Fsp3) is 0.455. The van der Waals surface area contributed by atoms with E-state index in [2.05, 4.69) is 13.1 Å². The third-order valence-electron chi connectivity index (χ3n) is 3.68. The number of phosphoric acid groups is 3. The summed E-state index contributed by atoms with van der Waals surface area (Å²) in [6.45, 7) is -1.40. The van der Waals surface area contributed by atoms with Crippen LogP contribution >= 0.6 is 35.7 Å². The molecule has 0 spiro atoms. The predicted molar refractivity (Wildman–Crippen MR) is 98.3 cm³/mol. The lowest BCUT2D eigenvalue weighted by Gasteiger charge is -2.27. The number of alkyl halides is 1. The molecular weight excluding hydrogens is 531 g/mol. The third-order valence-corrected chi connectivity index (χ3v) is 7.78. The largest absolute Gasteiger partial charge is 0.490 e. The Labute approximate surface area is 181 Å². The minimum Gasteiger partial charge on any atom is -0.386 e. The van der Waals surface area contributed by atoms with E-state index in [1.165, 1.54) is 0 Å². The second kappa shape index (κ2) is 9.24. The third kappa shape index (κ3) is 6.25. The molecule has 32 heavy (non-hydrogen) atoms. The standard InChI is InChI=1S/C11H13F2N2O13P3S/c1-2-11(4-25-30(21,22)28-31(23,24)27-29(18,19)20)7(16)6(13)9(26-11)15-3-5(12)8(17)14-10(15)32/h1,3,6-7,9,16H,4H2,(H,21,22)(H,23,24)(H,14,17,32)(H2,18,19,20). The maximum Gasteiger partial charge on any atom is 0.490 e. The molecular formula is C11H13F2N2O13P3S. The van der Waals surface area contributed by atoms with Crippen LogP contribution < -0.4 is 5.56 Å². The van der Waals surface area contributed by atoms with Crippen molar-refractivity contribution in [1.29, 1.82) is 0 Å². The van der Waals surface area contributed by atoms with Gasteiger partial charge in [0.1, 0.15) is 12.7 Å². The van der Waals surface area contributed by atoms with Gasteiger partial charge in [-0.1, -0.05) is 5.92 Å². The van der Waals surface area contributed by atoms with E-state index in [4.69, 9.17) is 38.1 Å². The van der Waals surface area contributed by atoms with Crippen LogP contribution in [0.2, 0.25) is 0 Å². The first kappa shape index (κ1) is 27.1. The number of hydrogen-bond acceptors (Lipinski definition) is 10. The van der Waals surface area contributed by atoms with Crippen LogP contribution in [0.25, 0.3) is 0 Å². The van der Waals surface area contributed by atoms with E-state index in [1.54, 1.807) is 5.92 Å². The Hall–Kier alpha value is -1.15. The first-order valence-corrected chi connectivity index (χ1v) is 12.6. The number of terminal acetylenes is 1. The molecule has 21 heteroatoms. The molecule has 0 amide bonds. The van der Waals surface area contributed by atoms with Gasteiger partial charge in [0, 0.05) is 0 Å². The summed E-state index contributed by atoms with van der Waals surface area (Å²) in [4.78, 5) is 48.6. The van der Waals surface area contributed by atoms with Crippen molar-refractivity contribution in [3.63, 3.8) is 0 Å². The molecule has 1 aromatic heterocycles. The van der Waals surface area contributed by atoms with Crippen molar-refractivity contribution in [1.82, 2.24) is 9.55 Å². The Balaban J connectivity index is 2.26. The zero-order chi connectivity index (χ0) is 24.7. The molecule has 1 saturated heterocycles. The number of ether oxygens (including phenoxy) is 1. The zero-order valence-corrected chi connectivity index (χ0v) is 18.5. The SMILES string of the molecule is C#CC1(COP(=O)(O)OP(=O)(O)OP(=O)(O)O)OC(n2cc(F)c(=O)[nH]c2=S)C(F)C1O. The minimum absolute atomic E-state index is 0.445. The number of hydrogen-bond donors (Lipinski definition) is 6. The van der Waals surface area contributed by atoms with Gasteiger partial charge >= 0.3 is 23.5 Å². The Kier molecular flexibility index (Phi) is 7.83. The van der Waals surface area contributed by atoms with Gasteiger partial charge < -0.3 is 29.4 Å². The normalized spacial score (nSPS) is 29.8. The molecule has 0 bridgehead atoms. The van der Waals surface area contributed by atoms with Crippen LogP contribution in [-0.2, 0) is 31.6 Å². The smallest absolute Gasteiger partial charge is 0.386 e. The summed E-state index contributed by atoms with van der Waals surface area (Å²) in [5.74, 6) is 0.344. The molecule has 2 heterocycles. The first-order valence-electron chi connectivity index (χ1n) is 7.69. The molecule has 1 aliphatic rings. The summed E-state index contributed by atoms with van der Waals surface area (Å²) in [6, 6.07) is 0. The van der Waals surface area contributed by atoms with E-state index in [0.717, 1.165) is 0 Å². The van der Waals surface area contributed by atoms with Gasteiger partial charge in [0.2, 0.25) is 5.82 Å². The lowest BCUT2D eigenvalue weighted by atomic mass is 9.98. The zero-order valence-electron chi connectivity index (χ0n) is 15.0. The molecule has 0 aromatic carbocycles. The van der Waals surface area contributed by atoms with Crippen LogP contribution in [0.5, 0.6) is 0 Å². The van der Waals surface area contributed by atoms with Crippen molar-refractivity contribution in [2.24, 2.45) is 0 Å². The Morgan fingerprint density at radius 3 is 2.41 bits per heavy atom.